The lowest BCUT2D eigenvalue weighted by Crippen LogP contribution is -2.47. The molecule has 2 aromatic rings. The number of nitrogens with one attached hydrogen (secondary N) is 1. The number of carbonyl (C=O) groups excluding carboxylic acids is 1. The zero-order chi connectivity index (χ0) is 16.7. The first-order chi connectivity index (χ1) is 10.9. The van der Waals surface area contributed by atoms with Crippen LogP contribution in [0.2, 0.25) is 5.28 Å². The summed E-state index contributed by atoms with van der Waals surface area (Å²) in [6, 6.07) is -0.769. The van der Waals surface area contributed by atoms with Gasteiger partial charge >= 0.3 is 0 Å². The predicted molar refractivity (Wildman–Crippen MR) is 79.4 cm³/mol. The maximum atomic E-state index is 11.3. The smallest absolute Gasteiger partial charge is 0.226 e. The summed E-state index contributed by atoms with van der Waals surface area (Å²) >= 11 is 5.81. The number of nitrogens with zero attached hydrogens (tertiary/aromatic N) is 4. The van der Waals surface area contributed by atoms with Gasteiger partial charge in [0, 0.05) is 6.92 Å². The quantitative estimate of drug-likeness (QED) is 0.509. The summed E-state index contributed by atoms with van der Waals surface area (Å²) in [6.07, 6.45) is -1.43. The van der Waals surface area contributed by atoms with Crippen LogP contribution < -0.4 is 11.1 Å². The van der Waals surface area contributed by atoms with Gasteiger partial charge in [-0.2, -0.15) is 9.97 Å². The van der Waals surface area contributed by atoms with Crippen LogP contribution in [0.5, 0.6) is 0 Å². The van der Waals surface area contributed by atoms with Gasteiger partial charge < -0.3 is 26.0 Å². The molecular weight excluding hydrogens is 328 g/mol. The van der Waals surface area contributed by atoms with Crippen molar-refractivity contribution in [2.45, 2.75) is 31.4 Å². The molecule has 3 rings (SSSR count). The Balaban J connectivity index is 2.00. The van der Waals surface area contributed by atoms with Crippen molar-refractivity contribution in [3.05, 3.63) is 11.6 Å². The van der Waals surface area contributed by atoms with E-state index in [2.05, 4.69) is 20.3 Å². The van der Waals surface area contributed by atoms with Crippen LogP contribution in [0, 0.1) is 0 Å². The third-order valence-corrected chi connectivity index (χ3v) is 3.79. The number of aliphatic hydroxyl groups excluding tert-OH is 2. The largest absolute Gasteiger partial charge is 0.394 e. The van der Waals surface area contributed by atoms with E-state index < -0.39 is 24.5 Å². The third kappa shape index (κ3) is 2.70. The molecule has 3 heterocycles. The van der Waals surface area contributed by atoms with E-state index >= 15 is 0 Å². The minimum Gasteiger partial charge on any atom is -0.394 e. The number of amides is 1. The van der Waals surface area contributed by atoms with Gasteiger partial charge in [0.05, 0.1) is 19.0 Å². The fourth-order valence-electron chi connectivity index (χ4n) is 2.64. The molecule has 1 aliphatic heterocycles. The van der Waals surface area contributed by atoms with Gasteiger partial charge in [-0.25, -0.2) is 4.98 Å². The van der Waals surface area contributed by atoms with Crippen molar-refractivity contribution < 1.29 is 19.7 Å². The normalized spacial score (nSPS) is 27.5. The Hall–Kier alpha value is -2.01. The number of ether oxygens (including phenoxy) is 1. The van der Waals surface area contributed by atoms with Gasteiger partial charge in [-0.1, -0.05) is 0 Å². The summed E-state index contributed by atoms with van der Waals surface area (Å²) in [4.78, 5) is 23.2. The molecule has 1 fully saturated rings. The lowest BCUT2D eigenvalue weighted by molar-refractivity contribution is -0.120. The average molecular weight is 343 g/mol. The summed E-state index contributed by atoms with van der Waals surface area (Å²) in [7, 11) is 0. The number of hydrogen-bond donors (Lipinski definition) is 4. The van der Waals surface area contributed by atoms with Crippen LogP contribution in [-0.2, 0) is 9.53 Å². The lowest BCUT2D eigenvalue weighted by Gasteiger charge is -2.19. The van der Waals surface area contributed by atoms with Gasteiger partial charge in [-0.05, 0) is 11.6 Å². The number of hydrogen-bond acceptors (Lipinski definition) is 8. The van der Waals surface area contributed by atoms with Gasteiger partial charge in [0.25, 0.3) is 0 Å². The molecule has 1 saturated heterocycles. The first kappa shape index (κ1) is 15.9. The highest BCUT2D eigenvalue weighted by Crippen LogP contribution is 2.32. The molecular formula is C12H15ClN6O4. The molecule has 0 unspecified atom stereocenters. The van der Waals surface area contributed by atoms with Gasteiger partial charge in [0.1, 0.15) is 17.7 Å². The Morgan fingerprint density at radius 1 is 1.57 bits per heavy atom. The fourth-order valence-corrected chi connectivity index (χ4v) is 2.81. The van der Waals surface area contributed by atoms with Gasteiger partial charge in [0.15, 0.2) is 17.7 Å². The van der Waals surface area contributed by atoms with Crippen molar-refractivity contribution in [1.29, 1.82) is 0 Å². The molecule has 124 valence electrons. The summed E-state index contributed by atoms with van der Waals surface area (Å²) < 4.78 is 7.07. The van der Waals surface area contributed by atoms with Crippen molar-refractivity contribution in [1.82, 2.24) is 24.8 Å². The molecule has 0 saturated carbocycles. The summed E-state index contributed by atoms with van der Waals surface area (Å²) in [5, 5.41) is 22.4. The van der Waals surface area contributed by atoms with Crippen LogP contribution in [0.3, 0.4) is 0 Å². The van der Waals surface area contributed by atoms with E-state index in [4.69, 9.17) is 22.1 Å². The summed E-state index contributed by atoms with van der Waals surface area (Å²) in [5.74, 6) is -0.245. The second-order valence-corrected chi connectivity index (χ2v) is 5.50. The zero-order valence-corrected chi connectivity index (χ0v) is 12.8. The highest BCUT2D eigenvalue weighted by molar-refractivity contribution is 6.28. The van der Waals surface area contributed by atoms with Crippen molar-refractivity contribution in [2.24, 2.45) is 0 Å². The number of halogens is 1. The molecule has 23 heavy (non-hydrogen) atoms. The Morgan fingerprint density at radius 3 is 2.96 bits per heavy atom. The maximum Gasteiger partial charge on any atom is 0.226 e. The number of nitrogen functional groups attached to an aromatic ring is 1. The zero-order valence-electron chi connectivity index (χ0n) is 12.0. The molecule has 0 bridgehead atoms. The van der Waals surface area contributed by atoms with Crippen LogP contribution >= 0.6 is 11.6 Å². The Morgan fingerprint density at radius 2 is 2.30 bits per heavy atom. The number of fused-ring (bicyclic) bond motifs is 1. The van der Waals surface area contributed by atoms with Crippen LogP contribution in [0.15, 0.2) is 6.33 Å². The van der Waals surface area contributed by atoms with E-state index in [1.165, 1.54) is 17.8 Å². The number of anilines is 1. The van der Waals surface area contributed by atoms with Gasteiger partial charge in [-0.3, -0.25) is 9.36 Å². The fraction of sp³-hybridized carbons (Fsp3) is 0.500. The number of aromatic nitrogens is 4. The number of aliphatic hydroxyl groups is 2. The van der Waals surface area contributed by atoms with E-state index in [1.54, 1.807) is 0 Å². The minimum absolute atomic E-state index is 0.0682. The standard InChI is InChI=1S/C12H15ClN6O4/c1-4(21)16-6-5(2-20)23-11(8(6)22)19-3-15-7-9(14)17-12(13)18-10(7)19/h3,5-6,8,11,20,22H,2H2,1H3,(H,16,21)(H2,14,17,18)/t5-,6-,8-,11-/m1/s1. The minimum atomic E-state index is -1.12. The van der Waals surface area contributed by atoms with Crippen molar-refractivity contribution >= 4 is 34.5 Å². The van der Waals surface area contributed by atoms with E-state index in [-0.39, 0.29) is 29.3 Å². The molecule has 5 N–H and O–H groups in total. The Kier molecular flexibility index (Phi) is 4.06. The van der Waals surface area contributed by atoms with E-state index in [9.17, 15) is 15.0 Å². The van der Waals surface area contributed by atoms with E-state index in [0.717, 1.165) is 0 Å². The average Bonchev–Trinajstić information content (AvgIpc) is 3.01. The van der Waals surface area contributed by atoms with E-state index in [0.29, 0.717) is 5.52 Å². The Bertz CT molecular complexity index is 752. The molecule has 11 heteroatoms. The topological polar surface area (TPSA) is 148 Å². The van der Waals surface area contributed by atoms with Crippen molar-refractivity contribution in [3.8, 4) is 0 Å². The SMILES string of the molecule is CC(=O)N[C@H]1[C@@H](O)[C@H](n2cnc3c(N)nc(Cl)nc32)O[C@@H]1CO. The number of carbonyl (C=O) groups is 1. The first-order valence-corrected chi connectivity index (χ1v) is 7.17. The highest BCUT2D eigenvalue weighted by Gasteiger charge is 2.45. The molecule has 1 amide bonds. The monoisotopic (exact) mass is 342 g/mol. The van der Waals surface area contributed by atoms with Gasteiger partial charge in [-0.15, -0.1) is 0 Å². The highest BCUT2D eigenvalue weighted by atomic mass is 35.5. The van der Waals surface area contributed by atoms with Crippen LogP contribution in [0.25, 0.3) is 11.2 Å². The second-order valence-electron chi connectivity index (χ2n) is 5.17. The van der Waals surface area contributed by atoms with Crippen LogP contribution in [-0.4, -0.2) is 60.5 Å². The molecule has 1 aliphatic rings. The second kappa shape index (κ2) is 5.89. The summed E-state index contributed by atoms with van der Waals surface area (Å²) in [5.41, 5.74) is 6.34. The molecule has 2 aromatic heterocycles. The molecule has 4 atom stereocenters. The van der Waals surface area contributed by atoms with E-state index in [1.807, 2.05) is 0 Å². The predicted octanol–water partition coefficient (Wildman–Crippen LogP) is -1.18. The summed E-state index contributed by atoms with van der Waals surface area (Å²) in [6.45, 7) is 0.942. The first-order valence-electron chi connectivity index (χ1n) is 6.79. The van der Waals surface area contributed by atoms with Gasteiger partial charge in [0.2, 0.25) is 11.2 Å². The van der Waals surface area contributed by atoms with Crippen molar-refractivity contribution in [3.63, 3.8) is 0 Å². The number of imidazole rings is 1. The number of rotatable bonds is 3. The maximum absolute atomic E-state index is 11.3. The number of nitrogens with two attached hydrogens (primary N) is 1. The van der Waals surface area contributed by atoms with Crippen LogP contribution in [0.1, 0.15) is 13.2 Å². The molecule has 0 radical (unpaired) electrons. The molecule has 0 spiro atoms. The van der Waals surface area contributed by atoms with Crippen molar-refractivity contribution in [2.75, 3.05) is 12.3 Å². The lowest BCUT2D eigenvalue weighted by atomic mass is 10.1. The third-order valence-electron chi connectivity index (χ3n) is 3.62. The van der Waals surface area contributed by atoms with Crippen LogP contribution in [0.4, 0.5) is 5.82 Å². The molecule has 0 aromatic carbocycles. The molecule has 0 aliphatic carbocycles. The molecule has 10 nitrogen and oxygen atoms in total. The Labute approximate surface area is 135 Å².